The van der Waals surface area contributed by atoms with Crippen LogP contribution in [-0.2, 0) is 4.74 Å². The Balaban J connectivity index is 1.60. The first-order chi connectivity index (χ1) is 15.4. The smallest absolute Gasteiger partial charge is 0.378 e. The monoisotopic (exact) mass is 573 g/mol. The minimum absolute atomic E-state index is 0.144. The maximum Gasteiger partial charge on any atom is 0.378 e. The predicted molar refractivity (Wildman–Crippen MR) is 128 cm³/mol. The van der Waals surface area contributed by atoms with Gasteiger partial charge < -0.3 is 4.74 Å². The van der Waals surface area contributed by atoms with Gasteiger partial charge in [-0.05, 0) is 60.7 Å². The lowest BCUT2D eigenvalue weighted by molar-refractivity contribution is 0.0462. The van der Waals surface area contributed by atoms with Crippen LogP contribution in [0.15, 0.2) is 81.7 Å². The maximum atomic E-state index is 12.6. The van der Waals surface area contributed by atoms with Crippen LogP contribution in [-0.4, -0.2) is 33.1 Å². The van der Waals surface area contributed by atoms with Crippen molar-refractivity contribution in [3.63, 3.8) is 0 Å². The van der Waals surface area contributed by atoms with E-state index in [0.717, 1.165) is 20.2 Å². The fourth-order valence-corrected chi connectivity index (χ4v) is 3.52. The van der Waals surface area contributed by atoms with Crippen LogP contribution in [0.25, 0.3) is 17.1 Å². The van der Waals surface area contributed by atoms with Gasteiger partial charge in [0.1, 0.15) is 0 Å². The summed E-state index contributed by atoms with van der Waals surface area (Å²) < 4.78 is 8.56. The van der Waals surface area contributed by atoms with Crippen LogP contribution in [0, 0.1) is 0 Å². The molecule has 0 aliphatic rings. The number of Topliss-reactive ketones (excluding diaryl/α,β-unsaturated/α-hetero) is 1. The zero-order chi connectivity index (χ0) is 22.7. The van der Waals surface area contributed by atoms with Gasteiger partial charge in [0.15, 0.2) is 18.2 Å². The van der Waals surface area contributed by atoms with Crippen LogP contribution < -0.4 is 0 Å². The molecule has 0 spiro atoms. The van der Waals surface area contributed by atoms with Gasteiger partial charge in [-0.15, -0.1) is 5.10 Å². The van der Waals surface area contributed by atoms with Crippen molar-refractivity contribution >= 4 is 55.2 Å². The Kier molecular flexibility index (Phi) is 6.83. The lowest BCUT2D eigenvalue weighted by Crippen LogP contribution is -2.15. The van der Waals surface area contributed by atoms with Crippen molar-refractivity contribution in [2.45, 2.75) is 0 Å². The van der Waals surface area contributed by atoms with Gasteiger partial charge in [0.05, 0.1) is 5.69 Å². The Morgan fingerprint density at radius 1 is 0.875 bits per heavy atom. The summed E-state index contributed by atoms with van der Waals surface area (Å²) in [6, 6.07) is 21.2. The van der Waals surface area contributed by atoms with Crippen LogP contribution in [0.2, 0.25) is 5.02 Å². The second-order valence-electron chi connectivity index (χ2n) is 6.66. The lowest BCUT2D eigenvalue weighted by Gasteiger charge is -2.06. The molecule has 0 fully saturated rings. The van der Waals surface area contributed by atoms with E-state index in [1.165, 1.54) is 0 Å². The molecular weight excluding hydrogens is 562 g/mol. The molecule has 0 bridgehead atoms. The Bertz CT molecular complexity index is 1210. The summed E-state index contributed by atoms with van der Waals surface area (Å²) in [5.74, 6) is -0.817. The minimum Gasteiger partial charge on any atom is -0.451 e. The number of halogens is 3. The largest absolute Gasteiger partial charge is 0.451 e. The number of benzene rings is 3. The topological polar surface area (TPSA) is 74.1 Å². The molecule has 160 valence electrons. The fraction of sp³-hybridized carbons (Fsp3) is 0.0435. The van der Waals surface area contributed by atoms with Crippen molar-refractivity contribution in [1.29, 1.82) is 0 Å². The van der Waals surface area contributed by atoms with E-state index in [1.807, 2.05) is 48.5 Å². The highest BCUT2D eigenvalue weighted by molar-refractivity contribution is 9.10. The molecule has 9 heteroatoms. The molecule has 0 saturated carbocycles. The molecule has 1 aromatic heterocycles. The summed E-state index contributed by atoms with van der Waals surface area (Å²) in [6.07, 6.45) is 0. The molecule has 0 amide bonds. The number of hydrogen-bond donors (Lipinski definition) is 0. The normalized spacial score (nSPS) is 10.7. The number of aromatic nitrogens is 3. The van der Waals surface area contributed by atoms with Crippen molar-refractivity contribution in [3.05, 3.63) is 98.2 Å². The van der Waals surface area contributed by atoms with Gasteiger partial charge in [-0.3, -0.25) is 4.79 Å². The number of esters is 1. The van der Waals surface area contributed by atoms with Crippen molar-refractivity contribution in [1.82, 2.24) is 14.8 Å². The van der Waals surface area contributed by atoms with E-state index in [-0.39, 0.29) is 11.6 Å². The van der Waals surface area contributed by atoms with Crippen LogP contribution in [0.3, 0.4) is 0 Å². The summed E-state index contributed by atoms with van der Waals surface area (Å²) in [4.78, 5) is 29.3. The number of hydrogen-bond acceptors (Lipinski definition) is 5. The Morgan fingerprint density at radius 2 is 1.47 bits per heavy atom. The first-order valence-electron chi connectivity index (χ1n) is 9.35. The Morgan fingerprint density at radius 3 is 2.09 bits per heavy atom. The van der Waals surface area contributed by atoms with E-state index in [2.05, 4.69) is 41.9 Å². The van der Waals surface area contributed by atoms with Crippen LogP contribution >= 0.6 is 43.5 Å². The van der Waals surface area contributed by atoms with Gasteiger partial charge >= 0.3 is 5.97 Å². The van der Waals surface area contributed by atoms with Gasteiger partial charge in [0.2, 0.25) is 0 Å². The molecule has 0 atom stereocenters. The molecule has 1 heterocycles. The third kappa shape index (κ3) is 5.15. The molecule has 3 aromatic carbocycles. The summed E-state index contributed by atoms with van der Waals surface area (Å²) in [6.45, 7) is -0.430. The number of carbonyl (C=O) groups is 2. The molecule has 0 N–H and O–H groups in total. The van der Waals surface area contributed by atoms with Crippen LogP contribution in [0.4, 0.5) is 0 Å². The van der Waals surface area contributed by atoms with Gasteiger partial charge in [-0.2, -0.15) is 0 Å². The highest BCUT2D eigenvalue weighted by Crippen LogP contribution is 2.24. The van der Waals surface area contributed by atoms with E-state index < -0.39 is 12.6 Å². The van der Waals surface area contributed by atoms with Crippen LogP contribution in [0.1, 0.15) is 21.0 Å². The number of ether oxygens (including phenoxy) is 1. The molecule has 0 radical (unpaired) electrons. The molecule has 6 nitrogen and oxygen atoms in total. The second-order valence-corrected chi connectivity index (χ2v) is 8.93. The zero-order valence-corrected chi connectivity index (χ0v) is 20.3. The summed E-state index contributed by atoms with van der Waals surface area (Å²) in [5.41, 5.74) is 1.88. The predicted octanol–water partition coefficient (Wildman–Crippen LogP) is 6.15. The number of carbonyl (C=O) groups excluding carboxylic acids is 2. The average Bonchev–Trinajstić information content (AvgIpc) is 3.24. The minimum atomic E-state index is -0.790. The molecule has 32 heavy (non-hydrogen) atoms. The lowest BCUT2D eigenvalue weighted by atomic mass is 10.1. The second kappa shape index (κ2) is 9.77. The number of ketones is 1. The van der Waals surface area contributed by atoms with E-state index in [1.54, 1.807) is 28.9 Å². The third-order valence-corrected chi connectivity index (χ3v) is 5.77. The van der Waals surface area contributed by atoms with Crippen molar-refractivity contribution in [3.8, 4) is 17.1 Å². The molecule has 4 aromatic rings. The maximum absolute atomic E-state index is 12.6. The summed E-state index contributed by atoms with van der Waals surface area (Å²) in [7, 11) is 0. The summed E-state index contributed by atoms with van der Waals surface area (Å²) >= 11 is 12.7. The fourth-order valence-electron chi connectivity index (χ4n) is 2.86. The average molecular weight is 576 g/mol. The SMILES string of the molecule is O=C(COC(=O)c1nc(-c2ccc(Br)cc2)n(-c2ccc(Br)cc2)n1)c1ccc(Cl)cc1. The van der Waals surface area contributed by atoms with Crippen molar-refractivity contribution < 1.29 is 14.3 Å². The standard InChI is InChI=1S/C23H14Br2ClN3O3/c24-16-5-1-15(2-6-16)22-27-21(28-29(22)19-11-7-17(25)8-12-19)23(31)32-13-20(30)14-3-9-18(26)10-4-14/h1-12H,13H2. The molecular formula is C23H14Br2ClN3O3. The van der Waals surface area contributed by atoms with Crippen molar-refractivity contribution in [2.24, 2.45) is 0 Å². The van der Waals surface area contributed by atoms with E-state index in [0.29, 0.717) is 16.4 Å². The van der Waals surface area contributed by atoms with Gasteiger partial charge in [-0.25, -0.2) is 14.5 Å². The molecule has 0 saturated heterocycles. The Labute approximate surface area is 205 Å². The van der Waals surface area contributed by atoms with Crippen molar-refractivity contribution in [2.75, 3.05) is 6.61 Å². The van der Waals surface area contributed by atoms with Gasteiger partial charge in [0, 0.05) is 25.1 Å². The number of nitrogens with zero attached hydrogens (tertiary/aromatic N) is 3. The van der Waals surface area contributed by atoms with E-state index in [4.69, 9.17) is 16.3 Å². The number of rotatable bonds is 6. The molecule has 0 aliphatic carbocycles. The van der Waals surface area contributed by atoms with Gasteiger partial charge in [0.25, 0.3) is 5.82 Å². The highest BCUT2D eigenvalue weighted by atomic mass is 79.9. The Hall–Kier alpha value is -2.81. The zero-order valence-electron chi connectivity index (χ0n) is 16.3. The van der Waals surface area contributed by atoms with Gasteiger partial charge in [-0.1, -0.05) is 55.6 Å². The molecule has 0 unspecified atom stereocenters. The first kappa shape index (κ1) is 22.4. The third-order valence-electron chi connectivity index (χ3n) is 4.46. The molecule has 4 rings (SSSR count). The quantitative estimate of drug-likeness (QED) is 0.204. The van der Waals surface area contributed by atoms with E-state index in [9.17, 15) is 9.59 Å². The van der Waals surface area contributed by atoms with E-state index >= 15 is 0 Å². The first-order valence-corrected chi connectivity index (χ1v) is 11.3. The highest BCUT2D eigenvalue weighted by Gasteiger charge is 2.21. The molecule has 0 aliphatic heterocycles. The van der Waals surface area contributed by atoms with Crippen LogP contribution in [0.5, 0.6) is 0 Å². The summed E-state index contributed by atoms with van der Waals surface area (Å²) in [5, 5.41) is 4.86.